The number of hydrogen-bond acceptors (Lipinski definition) is 3. The van der Waals surface area contributed by atoms with E-state index in [1.807, 2.05) is 12.1 Å². The van der Waals surface area contributed by atoms with Crippen LogP contribution in [0.15, 0.2) is 28.1 Å². The highest BCUT2D eigenvalue weighted by atomic mass is 79.9. The van der Waals surface area contributed by atoms with Gasteiger partial charge in [0.15, 0.2) is 5.69 Å². The lowest BCUT2D eigenvalue weighted by atomic mass is 10.2. The molecule has 0 aliphatic carbocycles. The number of carboxylic acid groups (broad SMARTS) is 1. The van der Waals surface area contributed by atoms with Crippen molar-refractivity contribution in [3.8, 4) is 10.6 Å². The fourth-order valence-corrected chi connectivity index (χ4v) is 2.60. The van der Waals surface area contributed by atoms with Crippen LogP contribution in [-0.2, 0) is 0 Å². The Hall–Kier alpha value is -0.910. The molecule has 16 heavy (non-hydrogen) atoms. The highest BCUT2D eigenvalue weighted by Crippen LogP contribution is 2.32. The van der Waals surface area contributed by atoms with Gasteiger partial charge in [-0.3, -0.25) is 0 Å². The predicted molar refractivity (Wildman–Crippen MR) is 67.2 cm³/mol. The molecule has 0 bridgehead atoms. The molecule has 0 amide bonds. The largest absolute Gasteiger partial charge is 0.476 e. The average molecular weight is 319 g/mol. The number of carboxylic acids is 1. The van der Waals surface area contributed by atoms with Gasteiger partial charge in [0.05, 0.1) is 5.02 Å². The first-order chi connectivity index (χ1) is 7.58. The van der Waals surface area contributed by atoms with Crippen LogP contribution in [0.1, 0.15) is 10.5 Å². The Kier molecular flexibility index (Phi) is 3.28. The summed E-state index contributed by atoms with van der Waals surface area (Å²) in [5.74, 6) is -1.03. The first kappa shape index (κ1) is 11.6. The number of benzene rings is 1. The second-order valence-electron chi connectivity index (χ2n) is 2.97. The molecule has 0 radical (unpaired) electrons. The maximum absolute atomic E-state index is 10.7. The maximum atomic E-state index is 10.7. The molecule has 6 heteroatoms. The predicted octanol–water partition coefficient (Wildman–Crippen LogP) is 3.92. The number of nitrogens with zero attached hydrogens (tertiary/aromatic N) is 1. The van der Waals surface area contributed by atoms with Crippen LogP contribution in [0.2, 0.25) is 5.02 Å². The number of aromatic nitrogens is 1. The van der Waals surface area contributed by atoms with E-state index in [0.29, 0.717) is 10.0 Å². The summed E-state index contributed by atoms with van der Waals surface area (Å²) >= 11 is 10.6. The minimum Gasteiger partial charge on any atom is -0.476 e. The molecule has 0 aliphatic rings. The molecule has 1 aromatic heterocycles. The molecule has 0 saturated carbocycles. The quantitative estimate of drug-likeness (QED) is 0.913. The Morgan fingerprint density at radius 1 is 1.50 bits per heavy atom. The standard InChI is InChI=1S/C10H5BrClNO2S/c11-5-1-2-7(12)6(3-5)9-13-8(4-16-9)10(14)15/h1-4H,(H,14,15). The van der Waals surface area contributed by atoms with Gasteiger partial charge in [0, 0.05) is 15.4 Å². The van der Waals surface area contributed by atoms with Crippen LogP contribution in [0.3, 0.4) is 0 Å². The lowest BCUT2D eigenvalue weighted by Crippen LogP contribution is -1.95. The van der Waals surface area contributed by atoms with Gasteiger partial charge >= 0.3 is 5.97 Å². The maximum Gasteiger partial charge on any atom is 0.355 e. The van der Waals surface area contributed by atoms with Crippen molar-refractivity contribution >= 4 is 44.8 Å². The summed E-state index contributed by atoms with van der Waals surface area (Å²) < 4.78 is 0.874. The lowest BCUT2D eigenvalue weighted by Gasteiger charge is -2.00. The van der Waals surface area contributed by atoms with Gasteiger partial charge in [0.2, 0.25) is 0 Å². The summed E-state index contributed by atoms with van der Waals surface area (Å²) in [5, 5.41) is 11.4. The first-order valence-electron chi connectivity index (χ1n) is 4.22. The summed E-state index contributed by atoms with van der Waals surface area (Å²) in [5.41, 5.74) is 0.768. The molecule has 1 N–H and O–H groups in total. The van der Waals surface area contributed by atoms with Gasteiger partial charge in [0.25, 0.3) is 0 Å². The van der Waals surface area contributed by atoms with Crippen LogP contribution in [0, 0.1) is 0 Å². The minimum atomic E-state index is -1.03. The Bertz CT molecular complexity index is 556. The summed E-state index contributed by atoms with van der Waals surface area (Å²) in [6, 6.07) is 5.37. The zero-order valence-corrected chi connectivity index (χ0v) is 10.9. The van der Waals surface area contributed by atoms with E-state index < -0.39 is 5.97 Å². The minimum absolute atomic E-state index is 0.0380. The molecule has 1 aromatic carbocycles. The number of halogens is 2. The Morgan fingerprint density at radius 3 is 2.88 bits per heavy atom. The van der Waals surface area contributed by atoms with Crippen molar-refractivity contribution < 1.29 is 9.90 Å². The van der Waals surface area contributed by atoms with Crippen LogP contribution in [-0.4, -0.2) is 16.1 Å². The smallest absolute Gasteiger partial charge is 0.355 e. The van der Waals surface area contributed by atoms with Crippen molar-refractivity contribution in [2.45, 2.75) is 0 Å². The Morgan fingerprint density at radius 2 is 2.25 bits per heavy atom. The molecule has 0 aliphatic heterocycles. The Labute approximate surface area is 109 Å². The third kappa shape index (κ3) is 2.26. The summed E-state index contributed by atoms with van der Waals surface area (Å²) in [6.07, 6.45) is 0. The van der Waals surface area contributed by atoms with E-state index >= 15 is 0 Å². The van der Waals surface area contributed by atoms with E-state index in [4.69, 9.17) is 16.7 Å². The second kappa shape index (κ2) is 4.53. The number of hydrogen-bond donors (Lipinski definition) is 1. The molecule has 0 unspecified atom stereocenters. The van der Waals surface area contributed by atoms with Crippen molar-refractivity contribution in [3.63, 3.8) is 0 Å². The molecule has 0 atom stereocenters. The topological polar surface area (TPSA) is 50.2 Å². The number of aromatic carboxylic acids is 1. The molecule has 82 valence electrons. The van der Waals surface area contributed by atoms with E-state index in [1.165, 1.54) is 16.7 Å². The monoisotopic (exact) mass is 317 g/mol. The van der Waals surface area contributed by atoms with Gasteiger partial charge in [-0.2, -0.15) is 0 Å². The summed E-state index contributed by atoms with van der Waals surface area (Å²) in [4.78, 5) is 14.7. The third-order valence-electron chi connectivity index (χ3n) is 1.88. The van der Waals surface area contributed by atoms with E-state index in [9.17, 15) is 4.79 Å². The highest BCUT2D eigenvalue weighted by molar-refractivity contribution is 9.10. The van der Waals surface area contributed by atoms with E-state index in [0.717, 1.165) is 10.0 Å². The van der Waals surface area contributed by atoms with Crippen LogP contribution in [0.5, 0.6) is 0 Å². The highest BCUT2D eigenvalue weighted by Gasteiger charge is 2.12. The van der Waals surface area contributed by atoms with E-state index in [-0.39, 0.29) is 5.69 Å². The molecule has 2 aromatic rings. The normalized spacial score (nSPS) is 10.4. The lowest BCUT2D eigenvalue weighted by molar-refractivity contribution is 0.0691. The second-order valence-corrected chi connectivity index (χ2v) is 5.15. The van der Waals surface area contributed by atoms with Gasteiger partial charge in [-0.05, 0) is 18.2 Å². The molecule has 2 rings (SSSR count). The van der Waals surface area contributed by atoms with Crippen LogP contribution in [0.4, 0.5) is 0 Å². The van der Waals surface area contributed by atoms with Gasteiger partial charge in [-0.15, -0.1) is 11.3 Å². The van der Waals surface area contributed by atoms with Crippen molar-refractivity contribution in [2.75, 3.05) is 0 Å². The van der Waals surface area contributed by atoms with Crippen molar-refractivity contribution in [2.24, 2.45) is 0 Å². The van der Waals surface area contributed by atoms with E-state index in [2.05, 4.69) is 20.9 Å². The Balaban J connectivity index is 2.50. The fraction of sp³-hybridized carbons (Fsp3) is 0. The molecule has 0 fully saturated rings. The molecular formula is C10H5BrClNO2S. The van der Waals surface area contributed by atoms with Crippen LogP contribution < -0.4 is 0 Å². The molecule has 0 spiro atoms. The van der Waals surface area contributed by atoms with Gasteiger partial charge in [-0.1, -0.05) is 27.5 Å². The average Bonchev–Trinajstić information content (AvgIpc) is 2.70. The third-order valence-corrected chi connectivity index (χ3v) is 3.58. The summed E-state index contributed by atoms with van der Waals surface area (Å²) in [7, 11) is 0. The van der Waals surface area contributed by atoms with Crippen LogP contribution in [0.25, 0.3) is 10.6 Å². The van der Waals surface area contributed by atoms with Crippen molar-refractivity contribution in [1.29, 1.82) is 0 Å². The summed E-state index contributed by atoms with van der Waals surface area (Å²) in [6.45, 7) is 0. The molecule has 3 nitrogen and oxygen atoms in total. The number of carbonyl (C=O) groups is 1. The van der Waals surface area contributed by atoms with Crippen molar-refractivity contribution in [3.05, 3.63) is 38.8 Å². The van der Waals surface area contributed by atoms with Gasteiger partial charge in [0.1, 0.15) is 5.01 Å². The van der Waals surface area contributed by atoms with E-state index in [1.54, 1.807) is 6.07 Å². The van der Waals surface area contributed by atoms with Crippen molar-refractivity contribution in [1.82, 2.24) is 4.98 Å². The number of rotatable bonds is 2. The molecule has 0 saturated heterocycles. The van der Waals surface area contributed by atoms with Gasteiger partial charge in [-0.25, -0.2) is 9.78 Å². The number of thiazole rings is 1. The molecule has 1 heterocycles. The zero-order chi connectivity index (χ0) is 11.7. The van der Waals surface area contributed by atoms with Crippen LogP contribution >= 0.6 is 38.9 Å². The fourth-order valence-electron chi connectivity index (χ4n) is 1.16. The SMILES string of the molecule is O=C(O)c1csc(-c2cc(Br)ccc2Cl)n1. The first-order valence-corrected chi connectivity index (χ1v) is 6.27. The molecular weight excluding hydrogens is 314 g/mol. The van der Waals surface area contributed by atoms with Gasteiger partial charge < -0.3 is 5.11 Å². The zero-order valence-electron chi connectivity index (χ0n) is 7.78.